The minimum absolute atomic E-state index is 0.219. The first-order valence-electron chi connectivity index (χ1n) is 8.36. The van der Waals surface area contributed by atoms with Crippen molar-refractivity contribution in [2.24, 2.45) is 11.1 Å². The fourth-order valence-corrected chi connectivity index (χ4v) is 3.18. The molecular weight excluding hydrogens is 315 g/mol. The molecule has 0 saturated heterocycles. The van der Waals surface area contributed by atoms with Crippen molar-refractivity contribution in [2.45, 2.75) is 76.4 Å². The molecule has 0 unspecified atom stereocenters. The number of nitrogens with two attached hydrogens (primary N) is 1. The lowest BCUT2D eigenvalue weighted by atomic mass is 9.78. The summed E-state index contributed by atoms with van der Waals surface area (Å²) >= 11 is 0. The van der Waals surface area contributed by atoms with E-state index in [9.17, 15) is 19.8 Å². The summed E-state index contributed by atoms with van der Waals surface area (Å²) in [5.74, 6) is -1.38. The van der Waals surface area contributed by atoms with E-state index >= 15 is 0 Å². The maximum absolute atomic E-state index is 12.1. The van der Waals surface area contributed by atoms with Gasteiger partial charge in [-0.05, 0) is 45.9 Å². The number of aliphatic carboxylic acids is 1. The molecule has 0 aromatic carbocycles. The zero-order valence-electron chi connectivity index (χ0n) is 14.4. The van der Waals surface area contributed by atoms with E-state index in [1.165, 1.54) is 13.8 Å². The van der Waals surface area contributed by atoms with Gasteiger partial charge in [0.1, 0.15) is 6.04 Å². The molecule has 0 aromatic heterocycles. The third-order valence-electron chi connectivity index (χ3n) is 4.82. The average molecular weight is 344 g/mol. The van der Waals surface area contributed by atoms with E-state index in [1.807, 2.05) is 0 Å². The van der Waals surface area contributed by atoms with Crippen LogP contribution in [0.15, 0.2) is 0 Å². The highest BCUT2D eigenvalue weighted by molar-refractivity contribution is 6.40. The Kier molecular flexibility index (Phi) is 7.21. The summed E-state index contributed by atoms with van der Waals surface area (Å²) < 4.78 is 0. The Morgan fingerprint density at radius 1 is 1.38 bits per heavy atom. The topological polar surface area (TPSA) is 153 Å². The van der Waals surface area contributed by atoms with Gasteiger partial charge < -0.3 is 31.3 Å². The van der Waals surface area contributed by atoms with Crippen molar-refractivity contribution in [3.8, 4) is 0 Å². The van der Waals surface area contributed by atoms with Crippen LogP contribution in [0.5, 0.6) is 0 Å². The molecule has 1 fully saturated rings. The lowest BCUT2D eigenvalue weighted by molar-refractivity contribution is -0.149. The number of carbonyl (C=O) groups is 2. The van der Waals surface area contributed by atoms with Gasteiger partial charge in [0.2, 0.25) is 5.91 Å². The monoisotopic (exact) mass is 344 g/mol. The van der Waals surface area contributed by atoms with Crippen LogP contribution in [0.1, 0.15) is 52.4 Å². The summed E-state index contributed by atoms with van der Waals surface area (Å²) in [4.78, 5) is 23.8. The molecule has 0 aliphatic heterocycles. The molecule has 1 amide bonds. The quantitative estimate of drug-likeness (QED) is 0.243. The molecule has 1 aliphatic rings. The van der Waals surface area contributed by atoms with Crippen LogP contribution in [0.2, 0.25) is 6.32 Å². The summed E-state index contributed by atoms with van der Waals surface area (Å²) in [5.41, 5.74) is 3.45. The minimum Gasteiger partial charge on any atom is -0.481 e. The van der Waals surface area contributed by atoms with Crippen LogP contribution < -0.4 is 11.1 Å². The van der Waals surface area contributed by atoms with E-state index in [1.54, 1.807) is 0 Å². The normalized spacial score (nSPS) is 25.3. The highest BCUT2D eigenvalue weighted by Crippen LogP contribution is 2.43. The second-order valence-electron chi connectivity index (χ2n) is 7.39. The number of hydrogen-bond donors (Lipinski definition) is 6. The third kappa shape index (κ3) is 5.73. The van der Waals surface area contributed by atoms with Crippen LogP contribution in [0.3, 0.4) is 0 Å². The summed E-state index contributed by atoms with van der Waals surface area (Å²) in [6, 6.07) is -1.37. The van der Waals surface area contributed by atoms with Gasteiger partial charge in [0.25, 0.3) is 0 Å². The van der Waals surface area contributed by atoms with Crippen LogP contribution in [-0.4, -0.2) is 56.9 Å². The van der Waals surface area contributed by atoms with Gasteiger partial charge >= 0.3 is 13.1 Å². The summed E-state index contributed by atoms with van der Waals surface area (Å²) in [5, 5.41) is 39.8. The van der Waals surface area contributed by atoms with Crippen LogP contribution in [0.4, 0.5) is 0 Å². The first kappa shape index (κ1) is 20.9. The van der Waals surface area contributed by atoms with E-state index in [2.05, 4.69) is 5.32 Å². The summed E-state index contributed by atoms with van der Waals surface area (Å²) in [6.07, 6.45) is 3.07. The van der Waals surface area contributed by atoms with E-state index in [4.69, 9.17) is 15.8 Å². The number of carboxylic acid groups (broad SMARTS) is 1. The zero-order chi connectivity index (χ0) is 18.5. The molecule has 1 rings (SSSR count). The van der Waals surface area contributed by atoms with Crippen molar-refractivity contribution in [3.05, 3.63) is 0 Å². The summed E-state index contributed by atoms with van der Waals surface area (Å²) in [6.45, 7) is 2.89. The van der Waals surface area contributed by atoms with Gasteiger partial charge in [0.15, 0.2) is 0 Å². The molecule has 3 atom stereocenters. The maximum Gasteiger partial charge on any atom is 0.451 e. The lowest BCUT2D eigenvalue weighted by Crippen LogP contribution is -2.55. The predicted octanol–water partition coefficient (Wildman–Crippen LogP) is -0.533. The van der Waals surface area contributed by atoms with E-state index in [-0.39, 0.29) is 12.4 Å². The van der Waals surface area contributed by atoms with Crippen molar-refractivity contribution in [3.63, 3.8) is 0 Å². The highest BCUT2D eigenvalue weighted by Gasteiger charge is 2.46. The molecule has 0 bridgehead atoms. The molecule has 7 N–H and O–H groups in total. The Morgan fingerprint density at radius 3 is 2.50 bits per heavy atom. The number of carbonyl (C=O) groups excluding carboxylic acids is 1. The molecule has 138 valence electrons. The number of hydrogen-bond acceptors (Lipinski definition) is 6. The second kappa shape index (κ2) is 8.29. The minimum atomic E-state index is -1.37. The van der Waals surface area contributed by atoms with Crippen LogP contribution in [0.25, 0.3) is 0 Å². The first-order valence-corrected chi connectivity index (χ1v) is 8.36. The van der Waals surface area contributed by atoms with Gasteiger partial charge in [-0.25, -0.2) is 0 Å². The first-order chi connectivity index (χ1) is 11.0. The smallest absolute Gasteiger partial charge is 0.451 e. The maximum atomic E-state index is 12.1. The molecule has 0 aromatic rings. The standard InChI is InChI=1S/C15H29BN2O6/c1-14(2,22)11(17)12(19)18-10-5-7-15(9-10,13(20)21)6-3-4-8-16(23)24/h10-11,22-24H,3-9,17H2,1-2H3,(H,18,19)(H,20,21)/t10-,11+,15+/m0/s1. The molecule has 9 heteroatoms. The molecule has 1 aliphatic carbocycles. The van der Waals surface area contributed by atoms with Gasteiger partial charge in [-0.1, -0.05) is 12.8 Å². The van der Waals surface area contributed by atoms with Crippen LogP contribution in [0, 0.1) is 5.41 Å². The Bertz CT molecular complexity index is 454. The Labute approximate surface area is 142 Å². The van der Waals surface area contributed by atoms with Gasteiger partial charge in [0.05, 0.1) is 11.0 Å². The van der Waals surface area contributed by atoms with Crippen LogP contribution in [-0.2, 0) is 9.59 Å². The molecule has 0 spiro atoms. The average Bonchev–Trinajstić information content (AvgIpc) is 2.86. The molecule has 0 radical (unpaired) electrons. The van der Waals surface area contributed by atoms with Crippen molar-refractivity contribution in [2.75, 3.05) is 0 Å². The zero-order valence-corrected chi connectivity index (χ0v) is 14.4. The van der Waals surface area contributed by atoms with Gasteiger partial charge in [-0.3, -0.25) is 9.59 Å². The number of carboxylic acids is 1. The van der Waals surface area contributed by atoms with Gasteiger partial charge in [-0.2, -0.15) is 0 Å². The Balaban J connectivity index is 2.58. The fraction of sp³-hybridized carbons (Fsp3) is 0.867. The third-order valence-corrected chi connectivity index (χ3v) is 4.82. The lowest BCUT2D eigenvalue weighted by Gasteiger charge is -2.27. The Morgan fingerprint density at radius 2 is 2.00 bits per heavy atom. The van der Waals surface area contributed by atoms with Gasteiger partial charge in [-0.15, -0.1) is 0 Å². The van der Waals surface area contributed by atoms with E-state index < -0.39 is 36.1 Å². The predicted molar refractivity (Wildman–Crippen MR) is 89.0 cm³/mol. The number of unbranched alkanes of at least 4 members (excludes halogenated alkanes) is 1. The fourth-order valence-electron chi connectivity index (χ4n) is 3.18. The van der Waals surface area contributed by atoms with Crippen molar-refractivity contribution in [1.29, 1.82) is 0 Å². The van der Waals surface area contributed by atoms with Crippen LogP contribution >= 0.6 is 0 Å². The van der Waals surface area contributed by atoms with E-state index in [0.29, 0.717) is 38.5 Å². The number of rotatable bonds is 9. The Hall–Kier alpha value is -1.16. The van der Waals surface area contributed by atoms with Crippen molar-refractivity contribution in [1.82, 2.24) is 5.32 Å². The molecule has 1 saturated carbocycles. The second-order valence-corrected chi connectivity index (χ2v) is 7.39. The molecule has 0 heterocycles. The molecule has 24 heavy (non-hydrogen) atoms. The molecular formula is C15H29BN2O6. The summed E-state index contributed by atoms with van der Waals surface area (Å²) in [7, 11) is -1.37. The highest BCUT2D eigenvalue weighted by atomic mass is 16.4. The number of nitrogens with one attached hydrogen (secondary N) is 1. The number of amides is 1. The number of aliphatic hydroxyl groups is 1. The largest absolute Gasteiger partial charge is 0.481 e. The van der Waals surface area contributed by atoms with E-state index in [0.717, 1.165) is 0 Å². The van der Waals surface area contributed by atoms with Crippen molar-refractivity contribution >= 4 is 19.0 Å². The van der Waals surface area contributed by atoms with Gasteiger partial charge in [0, 0.05) is 6.04 Å². The molecule has 8 nitrogen and oxygen atoms in total. The SMILES string of the molecule is CC(C)(O)[C@H](N)C(=O)N[C@H]1CC[C@@](CCCCB(O)O)(C(=O)O)C1. The van der Waals surface area contributed by atoms with Crippen molar-refractivity contribution < 1.29 is 29.9 Å².